The number of imide groups is 2. The molecule has 8 heterocycles. The molecule has 0 saturated carbocycles. The molecule has 0 spiro atoms. The van der Waals surface area contributed by atoms with Crippen LogP contribution in [0.5, 0.6) is 0 Å². The Labute approximate surface area is 387 Å². The highest BCUT2D eigenvalue weighted by atomic mass is 19.3. The molecule has 3 saturated heterocycles. The lowest BCUT2D eigenvalue weighted by Crippen LogP contribution is -2.54. The van der Waals surface area contributed by atoms with Crippen molar-refractivity contribution in [2.45, 2.75) is 103 Å². The van der Waals surface area contributed by atoms with Gasteiger partial charge in [-0.15, -0.1) is 0 Å². The van der Waals surface area contributed by atoms with Gasteiger partial charge in [0.15, 0.2) is 5.82 Å². The average molecular weight is 919 g/mol. The van der Waals surface area contributed by atoms with Crippen molar-refractivity contribution < 1.29 is 37.5 Å². The van der Waals surface area contributed by atoms with Gasteiger partial charge >= 0.3 is 0 Å². The molecule has 352 valence electrons. The third kappa shape index (κ3) is 8.41. The Morgan fingerprint density at radius 3 is 2.39 bits per heavy atom. The average Bonchev–Trinajstić information content (AvgIpc) is 4.01. The first-order valence-corrected chi connectivity index (χ1v) is 23.7. The molecule has 18 heteroatoms. The van der Waals surface area contributed by atoms with Crippen LogP contribution in [0.15, 0.2) is 42.7 Å². The van der Waals surface area contributed by atoms with Gasteiger partial charge in [0.25, 0.3) is 18.2 Å². The van der Waals surface area contributed by atoms with Gasteiger partial charge in [0.1, 0.15) is 6.04 Å². The first-order chi connectivity index (χ1) is 32.3. The van der Waals surface area contributed by atoms with E-state index in [0.29, 0.717) is 86.1 Å². The molecule has 2 aromatic carbocycles. The van der Waals surface area contributed by atoms with E-state index in [1.54, 1.807) is 49.2 Å². The second-order valence-corrected chi connectivity index (χ2v) is 19.1. The molecule has 1 N–H and O–H groups in total. The van der Waals surface area contributed by atoms with Gasteiger partial charge in [-0.05, 0) is 112 Å². The summed E-state index contributed by atoms with van der Waals surface area (Å²) in [6.07, 6.45) is 7.76. The van der Waals surface area contributed by atoms with E-state index in [9.17, 15) is 37.5 Å². The fourth-order valence-corrected chi connectivity index (χ4v) is 11.3. The summed E-state index contributed by atoms with van der Waals surface area (Å²) in [7, 11) is 1.77. The Morgan fingerprint density at radius 2 is 1.67 bits per heavy atom. The lowest BCUT2D eigenvalue weighted by molar-refractivity contribution is -0.136. The monoisotopic (exact) mass is 918 g/mol. The van der Waals surface area contributed by atoms with Gasteiger partial charge in [0.2, 0.25) is 23.6 Å². The highest BCUT2D eigenvalue weighted by Crippen LogP contribution is 2.44. The first kappa shape index (κ1) is 44.5. The second kappa shape index (κ2) is 18.1. The van der Waals surface area contributed by atoms with E-state index in [0.717, 1.165) is 91.0 Å². The summed E-state index contributed by atoms with van der Waals surface area (Å²) in [5.41, 5.74) is 6.24. The second-order valence-electron chi connectivity index (χ2n) is 19.1. The number of hydrogen-bond donors (Lipinski definition) is 1. The number of alkyl halides is 2. The van der Waals surface area contributed by atoms with Crippen molar-refractivity contribution in [3.8, 4) is 11.1 Å². The van der Waals surface area contributed by atoms with Gasteiger partial charge in [0.05, 0.1) is 36.5 Å². The molecule has 6 aliphatic rings. The van der Waals surface area contributed by atoms with Crippen LogP contribution in [0.2, 0.25) is 0 Å². The Hall–Kier alpha value is -6.30. The van der Waals surface area contributed by atoms with E-state index in [4.69, 9.17) is 5.10 Å². The fraction of sp³-hybridized carbons (Fsp3) is 0.510. The van der Waals surface area contributed by atoms with Crippen LogP contribution in [0.4, 0.5) is 20.3 Å². The number of aryl methyl sites for hydroxylation is 3. The number of anilines is 2. The van der Waals surface area contributed by atoms with Crippen molar-refractivity contribution in [2.75, 3.05) is 50.7 Å². The Kier molecular flexibility index (Phi) is 12.0. The van der Waals surface area contributed by atoms with E-state index < -0.39 is 36.1 Å². The van der Waals surface area contributed by atoms with Gasteiger partial charge in [-0.25, -0.2) is 8.78 Å². The minimum absolute atomic E-state index is 0.0198. The SMILES string of the molecule is CC(=O)N1CCc2c(c(N3CCCc4cc(-c5cnn(C)c5)c(C(F)F)cc43)nn2C2CCN(C(=O)CN3CCC(CCc4cccc5c4C(=O)N(C4CCC(=O)NC4=O)C5=O)CC3)CC2)C1. The minimum Gasteiger partial charge on any atom is -0.341 e. The number of carbonyl (C=O) groups is 6. The smallest absolute Gasteiger partial charge is 0.264 e. The molecule has 0 aliphatic carbocycles. The molecule has 67 heavy (non-hydrogen) atoms. The van der Waals surface area contributed by atoms with Crippen LogP contribution in [0.1, 0.15) is 119 Å². The van der Waals surface area contributed by atoms with Crippen LogP contribution in [0.3, 0.4) is 0 Å². The maximum atomic E-state index is 14.7. The van der Waals surface area contributed by atoms with Gasteiger partial charge < -0.3 is 14.7 Å². The first-order valence-electron chi connectivity index (χ1n) is 23.7. The van der Waals surface area contributed by atoms with Crippen LogP contribution in [-0.4, -0.2) is 126 Å². The normalized spacial score (nSPS) is 20.7. The van der Waals surface area contributed by atoms with Gasteiger partial charge in [-0.2, -0.15) is 10.2 Å². The molecule has 6 amide bonds. The predicted molar refractivity (Wildman–Crippen MR) is 241 cm³/mol. The third-order valence-electron chi connectivity index (χ3n) is 15.0. The number of likely N-dealkylation sites (tertiary alicyclic amines) is 2. The lowest BCUT2D eigenvalue weighted by Gasteiger charge is -2.36. The summed E-state index contributed by atoms with van der Waals surface area (Å²) in [5.74, 6) is -0.828. The van der Waals surface area contributed by atoms with Crippen LogP contribution in [0.25, 0.3) is 11.1 Å². The van der Waals surface area contributed by atoms with Crippen molar-refractivity contribution in [3.05, 3.63) is 81.8 Å². The van der Waals surface area contributed by atoms with Crippen LogP contribution < -0.4 is 10.2 Å². The topological polar surface area (TPSA) is 166 Å². The Morgan fingerprint density at radius 1 is 0.881 bits per heavy atom. The highest BCUT2D eigenvalue weighted by Gasteiger charge is 2.45. The van der Waals surface area contributed by atoms with Gasteiger partial charge in [-0.3, -0.25) is 53.2 Å². The number of rotatable bonds is 10. The zero-order chi connectivity index (χ0) is 46.7. The van der Waals surface area contributed by atoms with Crippen LogP contribution in [-0.2, 0) is 52.0 Å². The van der Waals surface area contributed by atoms with Gasteiger partial charge in [-0.1, -0.05) is 12.1 Å². The standard InChI is InChI=1S/C49H56F2N10O6/c1-29(62)58-22-16-39-38(27-58)46(59-17-4-6-32-23-36(33-25-52-55(2)26-33)37(45(50)51)24-41(32)59)54-61(39)34-14-20-57(21-15-34)43(64)28-56-18-12-30(13-19-56)8-9-31-5-3-7-35-44(31)49(67)60(48(35)66)40-10-11-42(63)53-47(40)65/h3,5,7,23-26,30,34,40,45H,4,6,8-22,27-28H2,1-2H3,(H,53,63,65). The Bertz CT molecular complexity index is 2660. The maximum Gasteiger partial charge on any atom is 0.264 e. The number of nitrogens with one attached hydrogen (secondary N) is 1. The fourth-order valence-electron chi connectivity index (χ4n) is 11.3. The van der Waals surface area contributed by atoms with E-state index >= 15 is 0 Å². The quantitative estimate of drug-likeness (QED) is 0.211. The van der Waals surface area contributed by atoms with Crippen molar-refractivity contribution in [1.29, 1.82) is 0 Å². The van der Waals surface area contributed by atoms with E-state index in [2.05, 4.69) is 24.9 Å². The third-order valence-corrected chi connectivity index (χ3v) is 15.0. The summed E-state index contributed by atoms with van der Waals surface area (Å²) < 4.78 is 33.2. The van der Waals surface area contributed by atoms with Crippen LogP contribution in [0, 0.1) is 5.92 Å². The predicted octanol–water partition coefficient (Wildman–Crippen LogP) is 5.12. The molecule has 1 atom stereocenters. The molecular formula is C49H56F2N10O6. The summed E-state index contributed by atoms with van der Waals surface area (Å²) in [4.78, 5) is 86.7. The van der Waals surface area contributed by atoms with E-state index in [-0.39, 0.29) is 36.3 Å². The van der Waals surface area contributed by atoms with Crippen molar-refractivity contribution in [2.24, 2.45) is 13.0 Å². The Balaban J connectivity index is 0.765. The molecule has 4 aromatic rings. The number of halogens is 2. The minimum atomic E-state index is -2.69. The zero-order valence-electron chi connectivity index (χ0n) is 38.0. The zero-order valence-corrected chi connectivity index (χ0v) is 38.0. The number of hydrogen-bond acceptors (Lipinski definition) is 10. The number of benzene rings is 2. The van der Waals surface area contributed by atoms with E-state index in [1.165, 1.54) is 0 Å². The summed E-state index contributed by atoms with van der Waals surface area (Å²) >= 11 is 0. The number of piperidine rings is 3. The van der Waals surface area contributed by atoms with Crippen molar-refractivity contribution >= 4 is 46.9 Å². The number of fused-ring (bicyclic) bond motifs is 3. The highest BCUT2D eigenvalue weighted by molar-refractivity contribution is 6.24. The molecule has 6 aliphatic heterocycles. The molecule has 3 fully saturated rings. The molecule has 0 radical (unpaired) electrons. The molecule has 2 aromatic heterocycles. The number of nitrogens with zero attached hydrogens (tertiary/aromatic N) is 9. The van der Waals surface area contributed by atoms with Gasteiger partial charge in [0, 0.05) is 87.3 Å². The largest absolute Gasteiger partial charge is 0.341 e. The summed E-state index contributed by atoms with van der Waals surface area (Å²) in [6.45, 7) is 6.24. The van der Waals surface area contributed by atoms with Crippen LogP contribution >= 0.6 is 0 Å². The number of carbonyl (C=O) groups excluding carboxylic acids is 6. The number of aromatic nitrogens is 4. The molecule has 0 bridgehead atoms. The van der Waals surface area contributed by atoms with Crippen molar-refractivity contribution in [3.63, 3.8) is 0 Å². The molecule has 16 nitrogen and oxygen atoms in total. The molecule has 10 rings (SSSR count). The molecular weight excluding hydrogens is 863 g/mol. The number of amides is 6. The lowest BCUT2D eigenvalue weighted by atomic mass is 9.89. The molecule has 1 unspecified atom stereocenters. The van der Waals surface area contributed by atoms with E-state index in [1.807, 2.05) is 21.9 Å². The van der Waals surface area contributed by atoms with Crippen molar-refractivity contribution in [1.82, 2.24) is 44.5 Å². The summed E-state index contributed by atoms with van der Waals surface area (Å²) in [5, 5.41) is 11.8. The maximum absolute atomic E-state index is 14.7. The summed E-state index contributed by atoms with van der Waals surface area (Å²) in [6, 6.07) is 7.82.